The molecule has 0 radical (unpaired) electrons. The Morgan fingerprint density at radius 3 is 2.50 bits per heavy atom. The Bertz CT molecular complexity index is 798. The van der Waals surface area contributed by atoms with Crippen molar-refractivity contribution in [1.82, 2.24) is 4.90 Å². The van der Waals surface area contributed by atoms with Gasteiger partial charge in [-0.25, -0.2) is 0 Å². The Balaban J connectivity index is 1.54. The molecule has 0 saturated carbocycles. The van der Waals surface area contributed by atoms with Crippen LogP contribution in [0.15, 0.2) is 48.5 Å². The first kappa shape index (κ1) is 19.9. The number of aldehydes is 1. The Morgan fingerprint density at radius 2 is 1.86 bits per heavy atom. The number of carbonyl (C=O) groups is 2. The molecule has 3 rings (SSSR count). The second-order valence-corrected chi connectivity index (χ2v) is 7.25. The van der Waals surface area contributed by atoms with E-state index in [-0.39, 0.29) is 5.91 Å². The first-order valence-corrected chi connectivity index (χ1v) is 9.73. The van der Waals surface area contributed by atoms with Gasteiger partial charge >= 0.3 is 0 Å². The van der Waals surface area contributed by atoms with Crippen molar-refractivity contribution < 1.29 is 19.1 Å². The van der Waals surface area contributed by atoms with E-state index in [0.717, 1.165) is 38.6 Å². The molecular formula is C23H27NO4. The number of hydrogen-bond acceptors (Lipinski definition) is 4. The zero-order valence-corrected chi connectivity index (χ0v) is 16.5. The summed E-state index contributed by atoms with van der Waals surface area (Å²) in [5, 5.41) is 0. The van der Waals surface area contributed by atoms with Crippen LogP contribution in [0.2, 0.25) is 0 Å². The fourth-order valence-electron chi connectivity index (χ4n) is 3.66. The van der Waals surface area contributed by atoms with Gasteiger partial charge in [0.15, 0.2) is 17.6 Å². The summed E-state index contributed by atoms with van der Waals surface area (Å²) in [6, 6.07) is 15.4. The summed E-state index contributed by atoms with van der Waals surface area (Å²) in [5.74, 6) is 1.51. The third-order valence-electron chi connectivity index (χ3n) is 5.27. The summed E-state index contributed by atoms with van der Waals surface area (Å²) in [4.78, 5) is 25.6. The lowest BCUT2D eigenvalue weighted by Gasteiger charge is -2.33. The standard InChI is InChI=1S/C23H27NO4/c1-17(28-21-9-8-20(16-25)15-22(21)27-2)23(26)24-12-10-19(11-13-24)14-18-6-4-3-5-7-18/h3-9,15-17,19H,10-14H2,1-2H3. The van der Waals surface area contributed by atoms with Gasteiger partial charge in [0.2, 0.25) is 0 Å². The van der Waals surface area contributed by atoms with Gasteiger partial charge in [0, 0.05) is 18.7 Å². The van der Waals surface area contributed by atoms with Gasteiger partial charge in [0.1, 0.15) is 6.29 Å². The third-order valence-corrected chi connectivity index (χ3v) is 5.27. The van der Waals surface area contributed by atoms with Crippen molar-refractivity contribution in [2.45, 2.75) is 32.3 Å². The van der Waals surface area contributed by atoms with E-state index in [2.05, 4.69) is 24.3 Å². The molecule has 0 aliphatic carbocycles. The van der Waals surface area contributed by atoms with Crippen molar-refractivity contribution >= 4 is 12.2 Å². The molecule has 5 nitrogen and oxygen atoms in total. The molecule has 1 saturated heterocycles. The highest BCUT2D eigenvalue weighted by Gasteiger charge is 2.27. The summed E-state index contributed by atoms with van der Waals surface area (Å²) < 4.78 is 11.1. The average molecular weight is 381 g/mol. The SMILES string of the molecule is COc1cc(C=O)ccc1OC(C)C(=O)N1CCC(Cc2ccccc2)CC1. The van der Waals surface area contributed by atoms with Crippen LogP contribution in [0.5, 0.6) is 11.5 Å². The molecule has 1 aliphatic heterocycles. The number of piperidine rings is 1. The fraction of sp³-hybridized carbons (Fsp3) is 0.391. The molecule has 148 valence electrons. The minimum atomic E-state index is -0.610. The van der Waals surface area contributed by atoms with Crippen LogP contribution in [-0.2, 0) is 11.2 Å². The minimum absolute atomic E-state index is 0.0142. The molecular weight excluding hydrogens is 354 g/mol. The number of amides is 1. The molecule has 1 aliphatic rings. The maximum absolute atomic E-state index is 12.8. The molecule has 1 unspecified atom stereocenters. The van der Waals surface area contributed by atoms with E-state index >= 15 is 0 Å². The van der Waals surface area contributed by atoms with E-state index in [1.165, 1.54) is 12.7 Å². The van der Waals surface area contributed by atoms with E-state index in [0.29, 0.717) is 23.0 Å². The predicted octanol–water partition coefficient (Wildman–Crippen LogP) is 3.76. The van der Waals surface area contributed by atoms with Gasteiger partial charge in [-0.1, -0.05) is 30.3 Å². The van der Waals surface area contributed by atoms with Crippen molar-refractivity contribution in [3.05, 3.63) is 59.7 Å². The van der Waals surface area contributed by atoms with E-state index in [4.69, 9.17) is 9.47 Å². The highest BCUT2D eigenvalue weighted by Crippen LogP contribution is 2.29. The van der Waals surface area contributed by atoms with E-state index in [1.54, 1.807) is 25.1 Å². The number of hydrogen-bond donors (Lipinski definition) is 0. The summed E-state index contributed by atoms with van der Waals surface area (Å²) >= 11 is 0. The highest BCUT2D eigenvalue weighted by molar-refractivity contribution is 5.81. The quantitative estimate of drug-likeness (QED) is 0.686. The van der Waals surface area contributed by atoms with E-state index in [9.17, 15) is 9.59 Å². The van der Waals surface area contributed by atoms with Crippen molar-refractivity contribution in [1.29, 1.82) is 0 Å². The second-order valence-electron chi connectivity index (χ2n) is 7.25. The lowest BCUT2D eigenvalue weighted by atomic mass is 9.90. The average Bonchev–Trinajstić information content (AvgIpc) is 2.74. The van der Waals surface area contributed by atoms with Crippen LogP contribution in [0.3, 0.4) is 0 Å². The Morgan fingerprint density at radius 1 is 1.14 bits per heavy atom. The molecule has 2 aromatic carbocycles. The minimum Gasteiger partial charge on any atom is -0.493 e. The number of ether oxygens (including phenoxy) is 2. The Hall–Kier alpha value is -2.82. The number of likely N-dealkylation sites (tertiary alicyclic amines) is 1. The molecule has 28 heavy (non-hydrogen) atoms. The first-order chi connectivity index (χ1) is 13.6. The van der Waals surface area contributed by atoms with Gasteiger partial charge in [-0.3, -0.25) is 9.59 Å². The van der Waals surface area contributed by atoms with Gasteiger partial charge in [-0.05, 0) is 55.9 Å². The largest absolute Gasteiger partial charge is 0.493 e. The molecule has 1 atom stereocenters. The maximum atomic E-state index is 12.8. The van der Waals surface area contributed by atoms with Gasteiger partial charge in [-0.15, -0.1) is 0 Å². The smallest absolute Gasteiger partial charge is 0.263 e. The monoisotopic (exact) mass is 381 g/mol. The van der Waals surface area contributed by atoms with Gasteiger partial charge < -0.3 is 14.4 Å². The number of carbonyl (C=O) groups excluding carboxylic acids is 2. The van der Waals surface area contributed by atoms with E-state index < -0.39 is 6.10 Å². The highest BCUT2D eigenvalue weighted by atomic mass is 16.5. The molecule has 5 heteroatoms. The molecule has 2 aromatic rings. The zero-order valence-electron chi connectivity index (χ0n) is 16.5. The molecule has 0 bridgehead atoms. The number of nitrogens with zero attached hydrogens (tertiary/aromatic N) is 1. The van der Waals surface area contributed by atoms with Gasteiger partial charge in [0.05, 0.1) is 7.11 Å². The molecule has 0 spiro atoms. The van der Waals surface area contributed by atoms with Crippen LogP contribution < -0.4 is 9.47 Å². The van der Waals surface area contributed by atoms with Crippen LogP contribution in [0.1, 0.15) is 35.7 Å². The van der Waals surface area contributed by atoms with Crippen molar-refractivity contribution in [2.75, 3.05) is 20.2 Å². The third kappa shape index (κ3) is 4.91. The number of methoxy groups -OCH3 is 1. The molecule has 0 aromatic heterocycles. The molecule has 0 N–H and O–H groups in total. The van der Waals surface area contributed by atoms with Crippen LogP contribution in [-0.4, -0.2) is 43.4 Å². The lowest BCUT2D eigenvalue weighted by Crippen LogP contribution is -2.45. The second kappa shape index (κ2) is 9.40. The summed E-state index contributed by atoms with van der Waals surface area (Å²) in [6.07, 6.45) is 3.21. The zero-order chi connectivity index (χ0) is 19.9. The number of rotatable bonds is 7. The molecule has 1 amide bonds. The first-order valence-electron chi connectivity index (χ1n) is 9.73. The summed E-state index contributed by atoms with van der Waals surface area (Å²) in [6.45, 7) is 3.27. The number of benzene rings is 2. The van der Waals surface area contributed by atoms with Crippen molar-refractivity contribution in [3.8, 4) is 11.5 Å². The maximum Gasteiger partial charge on any atom is 0.263 e. The van der Waals surface area contributed by atoms with Crippen molar-refractivity contribution in [3.63, 3.8) is 0 Å². The van der Waals surface area contributed by atoms with E-state index in [1.807, 2.05) is 11.0 Å². The lowest BCUT2D eigenvalue weighted by molar-refractivity contribution is -0.139. The normalized spacial score (nSPS) is 15.7. The van der Waals surface area contributed by atoms with Crippen LogP contribution in [0.4, 0.5) is 0 Å². The topological polar surface area (TPSA) is 55.8 Å². The van der Waals surface area contributed by atoms with Crippen molar-refractivity contribution in [2.24, 2.45) is 5.92 Å². The Kier molecular flexibility index (Phi) is 6.69. The van der Waals surface area contributed by atoms with Crippen LogP contribution in [0.25, 0.3) is 0 Å². The van der Waals surface area contributed by atoms with Gasteiger partial charge in [0.25, 0.3) is 5.91 Å². The van der Waals surface area contributed by atoms with Crippen LogP contribution in [0, 0.1) is 5.92 Å². The summed E-state index contributed by atoms with van der Waals surface area (Å²) in [7, 11) is 1.51. The fourth-order valence-corrected chi connectivity index (χ4v) is 3.66. The van der Waals surface area contributed by atoms with Crippen LogP contribution >= 0.6 is 0 Å². The molecule has 1 heterocycles. The predicted molar refractivity (Wildman–Crippen MR) is 108 cm³/mol. The summed E-state index contributed by atoms with van der Waals surface area (Å²) in [5.41, 5.74) is 1.86. The molecule has 1 fully saturated rings. The van der Waals surface area contributed by atoms with Gasteiger partial charge in [-0.2, -0.15) is 0 Å². The Labute approximate surface area is 166 Å².